The van der Waals surface area contributed by atoms with Crippen molar-refractivity contribution < 1.29 is 19.1 Å². The number of hydrogen-bond acceptors (Lipinski definition) is 5. The Bertz CT molecular complexity index is 959. The van der Waals surface area contributed by atoms with E-state index in [4.69, 9.17) is 9.47 Å². The van der Waals surface area contributed by atoms with Crippen LogP contribution in [-0.2, 0) is 9.53 Å². The van der Waals surface area contributed by atoms with Gasteiger partial charge in [-0.2, -0.15) is 5.26 Å². The summed E-state index contributed by atoms with van der Waals surface area (Å²) in [6.07, 6.45) is 8.74. The molecule has 0 aromatic heterocycles. The van der Waals surface area contributed by atoms with E-state index in [1.807, 2.05) is 18.2 Å². The third-order valence-corrected chi connectivity index (χ3v) is 4.90. The molecule has 0 spiro atoms. The third-order valence-electron chi connectivity index (χ3n) is 4.90. The molecule has 1 N–H and O–H groups in total. The summed E-state index contributed by atoms with van der Waals surface area (Å²) in [5.74, 6) is -0.419. The summed E-state index contributed by atoms with van der Waals surface area (Å²) in [5.41, 5.74) is 1.12. The predicted molar refractivity (Wildman–Crippen MR) is 125 cm³/mol. The topological polar surface area (TPSA) is 88.4 Å². The summed E-state index contributed by atoms with van der Waals surface area (Å²) in [5, 5.41) is 12.0. The molecule has 0 bridgehead atoms. The Kier molecular flexibility index (Phi) is 10.5. The molecular formula is C26H30N2O4. The van der Waals surface area contributed by atoms with Gasteiger partial charge in [0, 0.05) is 0 Å². The minimum Gasteiger partial charge on any atom is -0.494 e. The standard InChI is InChI=1S/C26H30N2O4/c1-3-4-5-6-7-10-17-32-22-15-13-20(14-16-22)18-21(19-27)25(29)28-24-12-9-8-11-23(24)26(30)31-2/h8-9,11-16,18H,3-7,10,17H2,1-2H3,(H,28,29). The summed E-state index contributed by atoms with van der Waals surface area (Å²) < 4.78 is 10.5. The number of esters is 1. The van der Waals surface area contributed by atoms with Gasteiger partial charge in [0.25, 0.3) is 5.91 Å². The van der Waals surface area contributed by atoms with Crippen LogP contribution in [0.1, 0.15) is 61.4 Å². The molecule has 0 saturated carbocycles. The molecule has 32 heavy (non-hydrogen) atoms. The Balaban J connectivity index is 1.95. The number of methoxy groups -OCH3 is 1. The summed E-state index contributed by atoms with van der Waals surface area (Å²) in [6.45, 7) is 2.88. The lowest BCUT2D eigenvalue weighted by atomic mass is 10.1. The van der Waals surface area contributed by atoms with Gasteiger partial charge >= 0.3 is 5.97 Å². The van der Waals surface area contributed by atoms with Crippen LogP contribution in [-0.4, -0.2) is 25.6 Å². The number of ether oxygens (including phenoxy) is 2. The molecule has 168 valence electrons. The Hall–Kier alpha value is -3.59. The van der Waals surface area contributed by atoms with E-state index in [9.17, 15) is 14.9 Å². The van der Waals surface area contributed by atoms with Gasteiger partial charge in [0.1, 0.15) is 17.4 Å². The number of carbonyl (C=O) groups excluding carboxylic acids is 2. The quantitative estimate of drug-likeness (QED) is 0.199. The van der Waals surface area contributed by atoms with Gasteiger partial charge in [0.2, 0.25) is 0 Å². The van der Waals surface area contributed by atoms with E-state index in [0.717, 1.165) is 12.2 Å². The van der Waals surface area contributed by atoms with E-state index in [2.05, 4.69) is 12.2 Å². The lowest BCUT2D eigenvalue weighted by Crippen LogP contribution is -2.16. The zero-order chi connectivity index (χ0) is 23.2. The van der Waals surface area contributed by atoms with Crippen molar-refractivity contribution >= 4 is 23.6 Å². The monoisotopic (exact) mass is 434 g/mol. The molecule has 2 aromatic rings. The average Bonchev–Trinajstić information content (AvgIpc) is 2.82. The van der Waals surface area contributed by atoms with Crippen LogP contribution in [0, 0.1) is 11.3 Å². The van der Waals surface area contributed by atoms with Crippen molar-refractivity contribution in [1.29, 1.82) is 5.26 Å². The number of hydrogen-bond donors (Lipinski definition) is 1. The first-order valence-electron chi connectivity index (χ1n) is 10.9. The van der Waals surface area contributed by atoms with Crippen molar-refractivity contribution in [1.82, 2.24) is 0 Å². The maximum atomic E-state index is 12.6. The minimum atomic E-state index is -0.604. The third kappa shape index (κ3) is 7.92. The van der Waals surface area contributed by atoms with Crippen LogP contribution in [0.4, 0.5) is 5.69 Å². The first-order chi connectivity index (χ1) is 15.6. The van der Waals surface area contributed by atoms with Crippen molar-refractivity contribution in [3.05, 3.63) is 65.2 Å². The molecule has 0 aliphatic carbocycles. The maximum Gasteiger partial charge on any atom is 0.339 e. The van der Waals surface area contributed by atoms with Crippen molar-refractivity contribution in [2.45, 2.75) is 45.4 Å². The van der Waals surface area contributed by atoms with Gasteiger partial charge in [-0.25, -0.2) is 4.79 Å². The number of rotatable bonds is 12. The van der Waals surface area contributed by atoms with E-state index in [-0.39, 0.29) is 16.8 Å². The number of unbranched alkanes of at least 4 members (excludes halogenated alkanes) is 5. The van der Waals surface area contributed by atoms with Crippen LogP contribution < -0.4 is 10.1 Å². The van der Waals surface area contributed by atoms with E-state index >= 15 is 0 Å². The highest BCUT2D eigenvalue weighted by atomic mass is 16.5. The highest BCUT2D eigenvalue weighted by Crippen LogP contribution is 2.19. The molecule has 0 aliphatic heterocycles. The molecule has 6 nitrogen and oxygen atoms in total. The molecule has 0 radical (unpaired) electrons. The Morgan fingerprint density at radius 3 is 2.38 bits per heavy atom. The summed E-state index contributed by atoms with van der Waals surface area (Å²) in [4.78, 5) is 24.4. The molecule has 1 amide bonds. The van der Waals surface area contributed by atoms with Gasteiger partial charge in [0.05, 0.1) is 25.0 Å². The molecule has 0 fully saturated rings. The SMILES string of the molecule is CCCCCCCCOc1ccc(C=C(C#N)C(=O)Nc2ccccc2C(=O)OC)cc1. The van der Waals surface area contributed by atoms with Crippen LogP contribution in [0.3, 0.4) is 0 Å². The summed E-state index contributed by atoms with van der Waals surface area (Å²) in [6, 6.07) is 15.6. The second-order valence-corrected chi connectivity index (χ2v) is 7.35. The van der Waals surface area contributed by atoms with Gasteiger partial charge in [-0.05, 0) is 42.3 Å². The van der Waals surface area contributed by atoms with Crippen LogP contribution in [0.15, 0.2) is 54.1 Å². The molecule has 0 heterocycles. The normalized spacial score (nSPS) is 10.8. The molecule has 0 saturated heterocycles. The lowest BCUT2D eigenvalue weighted by Gasteiger charge is -2.09. The van der Waals surface area contributed by atoms with Gasteiger partial charge in [-0.1, -0.05) is 63.3 Å². The van der Waals surface area contributed by atoms with Crippen LogP contribution in [0.2, 0.25) is 0 Å². The van der Waals surface area contributed by atoms with E-state index in [1.165, 1.54) is 45.3 Å². The Morgan fingerprint density at radius 1 is 1.00 bits per heavy atom. The zero-order valence-corrected chi connectivity index (χ0v) is 18.7. The maximum absolute atomic E-state index is 12.6. The second kappa shape index (κ2) is 13.7. The highest BCUT2D eigenvalue weighted by Gasteiger charge is 2.15. The number of carbonyl (C=O) groups is 2. The fraction of sp³-hybridized carbons (Fsp3) is 0.346. The molecular weight excluding hydrogens is 404 g/mol. The van der Waals surface area contributed by atoms with Gasteiger partial charge < -0.3 is 14.8 Å². The number of anilines is 1. The largest absolute Gasteiger partial charge is 0.494 e. The summed E-state index contributed by atoms with van der Waals surface area (Å²) in [7, 11) is 1.27. The first-order valence-corrected chi connectivity index (χ1v) is 10.9. The van der Waals surface area contributed by atoms with Gasteiger partial charge in [-0.15, -0.1) is 0 Å². The average molecular weight is 435 g/mol. The molecule has 6 heteroatoms. The number of nitriles is 1. The Morgan fingerprint density at radius 2 is 1.69 bits per heavy atom. The van der Waals surface area contributed by atoms with Crippen LogP contribution >= 0.6 is 0 Å². The van der Waals surface area contributed by atoms with Crippen molar-refractivity contribution in [3.8, 4) is 11.8 Å². The number of nitrogens with one attached hydrogen (secondary N) is 1. The molecule has 0 unspecified atom stereocenters. The number of amides is 1. The zero-order valence-electron chi connectivity index (χ0n) is 18.7. The van der Waals surface area contributed by atoms with Crippen LogP contribution in [0.5, 0.6) is 5.75 Å². The molecule has 2 aromatic carbocycles. The number of nitrogens with zero attached hydrogens (tertiary/aromatic N) is 1. The van der Waals surface area contributed by atoms with Gasteiger partial charge in [0.15, 0.2) is 0 Å². The first kappa shape index (κ1) is 24.7. The number of benzene rings is 2. The van der Waals surface area contributed by atoms with E-state index < -0.39 is 11.9 Å². The van der Waals surface area contributed by atoms with E-state index in [0.29, 0.717) is 12.2 Å². The smallest absolute Gasteiger partial charge is 0.339 e. The van der Waals surface area contributed by atoms with Crippen molar-refractivity contribution in [2.24, 2.45) is 0 Å². The Labute approximate surface area is 189 Å². The minimum absolute atomic E-state index is 0.0783. The second-order valence-electron chi connectivity index (χ2n) is 7.35. The number of para-hydroxylation sites is 1. The van der Waals surface area contributed by atoms with E-state index in [1.54, 1.807) is 36.4 Å². The summed E-state index contributed by atoms with van der Waals surface area (Å²) >= 11 is 0. The van der Waals surface area contributed by atoms with Crippen molar-refractivity contribution in [3.63, 3.8) is 0 Å². The van der Waals surface area contributed by atoms with Crippen molar-refractivity contribution in [2.75, 3.05) is 19.0 Å². The van der Waals surface area contributed by atoms with Crippen LogP contribution in [0.25, 0.3) is 6.08 Å². The fourth-order valence-corrected chi connectivity index (χ4v) is 3.12. The lowest BCUT2D eigenvalue weighted by molar-refractivity contribution is -0.112. The molecule has 0 aliphatic rings. The molecule has 0 atom stereocenters. The van der Waals surface area contributed by atoms with Gasteiger partial charge in [-0.3, -0.25) is 4.79 Å². The predicted octanol–water partition coefficient (Wildman–Crippen LogP) is 5.76. The highest BCUT2D eigenvalue weighted by molar-refractivity contribution is 6.11. The molecule has 2 rings (SSSR count). The fourth-order valence-electron chi connectivity index (χ4n) is 3.12.